The zero-order valence-electron chi connectivity index (χ0n) is 18.1. The summed E-state index contributed by atoms with van der Waals surface area (Å²) < 4.78 is 33.1. The number of nitrogens with zero attached hydrogens (tertiary/aromatic N) is 5. The Balaban J connectivity index is 1.32. The van der Waals surface area contributed by atoms with Crippen LogP contribution in [0.2, 0.25) is 0 Å². The van der Waals surface area contributed by atoms with Gasteiger partial charge >= 0.3 is 0 Å². The molecule has 2 aliphatic rings. The van der Waals surface area contributed by atoms with Crippen molar-refractivity contribution in [3.63, 3.8) is 0 Å². The number of aromatic hydroxyl groups is 1. The number of phenolic OH excluding ortho intramolecular Hbond substituents is 1. The standard InChI is InChI=1S/C23H24F2N6O2/c1-33-22-8-14(11-26-30-22)16-10-20(32)17(9-18(16)25)19-2-3-21(29-28-19)31-7-4-15(12-31)27-23(13-24)5-6-23/h2-3,8-11,15,27,32H,4-7,12-13H2,1H3. The first kappa shape index (κ1) is 21.4. The second-order valence-electron chi connectivity index (χ2n) is 8.60. The molecule has 2 N–H and O–H groups in total. The number of phenols is 1. The van der Waals surface area contributed by atoms with Crippen LogP contribution in [0, 0.1) is 5.82 Å². The first-order valence-corrected chi connectivity index (χ1v) is 10.8. The first-order chi connectivity index (χ1) is 16.0. The van der Waals surface area contributed by atoms with Crippen molar-refractivity contribution in [1.82, 2.24) is 25.7 Å². The fourth-order valence-corrected chi connectivity index (χ4v) is 4.21. The molecule has 2 fully saturated rings. The van der Waals surface area contributed by atoms with Crippen molar-refractivity contribution in [2.24, 2.45) is 0 Å². The maximum Gasteiger partial charge on any atom is 0.233 e. The Bertz CT molecular complexity index is 1160. The lowest BCUT2D eigenvalue weighted by Gasteiger charge is -2.21. The third-order valence-electron chi connectivity index (χ3n) is 6.30. The minimum atomic E-state index is -0.543. The van der Waals surface area contributed by atoms with Crippen LogP contribution in [0.25, 0.3) is 22.4 Å². The van der Waals surface area contributed by atoms with E-state index >= 15 is 0 Å². The molecule has 2 aromatic heterocycles. The second-order valence-corrected chi connectivity index (χ2v) is 8.60. The molecule has 0 amide bonds. The van der Waals surface area contributed by atoms with Crippen molar-refractivity contribution in [1.29, 1.82) is 0 Å². The predicted octanol–water partition coefficient (Wildman–Crippen LogP) is 3.12. The Morgan fingerprint density at radius 1 is 1.18 bits per heavy atom. The number of alkyl halides is 1. The summed E-state index contributed by atoms with van der Waals surface area (Å²) in [5, 5.41) is 30.1. The molecular formula is C23H24F2N6O2. The van der Waals surface area contributed by atoms with Crippen LogP contribution in [0.5, 0.6) is 11.6 Å². The highest BCUT2D eigenvalue weighted by atomic mass is 19.1. The molecule has 0 radical (unpaired) electrons. The van der Waals surface area contributed by atoms with Gasteiger partial charge in [0, 0.05) is 47.4 Å². The van der Waals surface area contributed by atoms with Gasteiger partial charge in [0.05, 0.1) is 19.0 Å². The number of hydrogen-bond acceptors (Lipinski definition) is 8. The maximum absolute atomic E-state index is 14.9. The van der Waals surface area contributed by atoms with E-state index in [0.717, 1.165) is 32.4 Å². The molecule has 3 aromatic rings. The van der Waals surface area contributed by atoms with E-state index in [2.05, 4.69) is 30.6 Å². The molecule has 1 saturated carbocycles. The predicted molar refractivity (Wildman–Crippen MR) is 118 cm³/mol. The van der Waals surface area contributed by atoms with Crippen molar-refractivity contribution < 1.29 is 18.6 Å². The minimum absolute atomic E-state index is 0.129. The summed E-state index contributed by atoms with van der Waals surface area (Å²) >= 11 is 0. The van der Waals surface area contributed by atoms with Crippen LogP contribution in [-0.4, -0.2) is 64.0 Å². The van der Waals surface area contributed by atoms with E-state index < -0.39 is 5.82 Å². The molecule has 33 heavy (non-hydrogen) atoms. The number of hydrogen-bond donors (Lipinski definition) is 2. The fourth-order valence-electron chi connectivity index (χ4n) is 4.21. The normalized spacial score (nSPS) is 19.0. The van der Waals surface area contributed by atoms with E-state index in [1.807, 2.05) is 0 Å². The van der Waals surface area contributed by atoms with Crippen LogP contribution in [0.1, 0.15) is 19.3 Å². The van der Waals surface area contributed by atoms with Gasteiger partial charge in [-0.25, -0.2) is 8.78 Å². The van der Waals surface area contributed by atoms with E-state index in [0.29, 0.717) is 17.1 Å². The number of anilines is 1. The molecule has 0 spiro atoms. The van der Waals surface area contributed by atoms with E-state index in [9.17, 15) is 13.9 Å². The topological polar surface area (TPSA) is 96.3 Å². The average molecular weight is 454 g/mol. The monoisotopic (exact) mass is 454 g/mol. The Hall–Kier alpha value is -3.40. The average Bonchev–Trinajstić information content (AvgIpc) is 3.47. The van der Waals surface area contributed by atoms with Gasteiger partial charge in [-0.3, -0.25) is 0 Å². The fraction of sp³-hybridized carbons (Fsp3) is 0.391. The molecule has 10 heteroatoms. The van der Waals surface area contributed by atoms with Crippen LogP contribution in [0.15, 0.2) is 36.5 Å². The van der Waals surface area contributed by atoms with Crippen molar-refractivity contribution in [3.8, 4) is 34.0 Å². The number of ether oxygens (including phenoxy) is 1. The molecular weight excluding hydrogens is 430 g/mol. The van der Waals surface area contributed by atoms with Gasteiger partial charge in [0.1, 0.15) is 18.2 Å². The highest BCUT2D eigenvalue weighted by Gasteiger charge is 2.45. The summed E-state index contributed by atoms with van der Waals surface area (Å²) in [5.41, 5.74) is 0.882. The highest BCUT2D eigenvalue weighted by Crippen LogP contribution is 2.38. The van der Waals surface area contributed by atoms with Gasteiger partial charge in [0.2, 0.25) is 5.88 Å². The Labute approximate surface area is 189 Å². The van der Waals surface area contributed by atoms with Gasteiger partial charge in [-0.15, -0.1) is 15.3 Å². The Morgan fingerprint density at radius 3 is 2.73 bits per heavy atom. The summed E-state index contributed by atoms with van der Waals surface area (Å²) in [6.07, 6.45) is 4.08. The van der Waals surface area contributed by atoms with Crippen LogP contribution < -0.4 is 15.0 Å². The van der Waals surface area contributed by atoms with Crippen LogP contribution in [0.3, 0.4) is 0 Å². The zero-order valence-corrected chi connectivity index (χ0v) is 18.1. The quantitative estimate of drug-likeness (QED) is 0.562. The Morgan fingerprint density at radius 2 is 2.03 bits per heavy atom. The van der Waals surface area contributed by atoms with E-state index in [1.165, 1.54) is 31.5 Å². The third-order valence-corrected chi connectivity index (χ3v) is 6.30. The van der Waals surface area contributed by atoms with Crippen molar-refractivity contribution in [2.45, 2.75) is 30.8 Å². The van der Waals surface area contributed by atoms with Crippen molar-refractivity contribution in [2.75, 3.05) is 31.8 Å². The number of methoxy groups -OCH3 is 1. The summed E-state index contributed by atoms with van der Waals surface area (Å²) in [7, 11) is 1.44. The summed E-state index contributed by atoms with van der Waals surface area (Å²) in [5.74, 6) is 0.266. The molecule has 3 heterocycles. The lowest BCUT2D eigenvalue weighted by atomic mass is 10.0. The number of nitrogens with one attached hydrogen (secondary N) is 1. The molecule has 1 aliphatic heterocycles. The van der Waals surface area contributed by atoms with Gasteiger partial charge in [0.15, 0.2) is 5.82 Å². The molecule has 1 aliphatic carbocycles. The Kier molecular flexibility index (Phi) is 5.53. The second kappa shape index (κ2) is 8.51. The highest BCUT2D eigenvalue weighted by molar-refractivity contribution is 5.75. The first-order valence-electron chi connectivity index (χ1n) is 10.8. The van der Waals surface area contributed by atoms with Crippen LogP contribution >= 0.6 is 0 Å². The largest absolute Gasteiger partial charge is 0.507 e. The minimum Gasteiger partial charge on any atom is -0.507 e. The molecule has 1 atom stereocenters. The van der Waals surface area contributed by atoms with Gasteiger partial charge < -0.3 is 20.1 Å². The summed E-state index contributed by atoms with van der Waals surface area (Å²) in [6.45, 7) is 1.20. The molecule has 1 saturated heterocycles. The smallest absolute Gasteiger partial charge is 0.233 e. The van der Waals surface area contributed by atoms with Gasteiger partial charge in [0.25, 0.3) is 0 Å². The molecule has 0 bridgehead atoms. The molecule has 172 valence electrons. The van der Waals surface area contributed by atoms with Gasteiger partial charge in [-0.05, 0) is 43.5 Å². The van der Waals surface area contributed by atoms with Crippen molar-refractivity contribution in [3.05, 3.63) is 42.3 Å². The number of aromatic nitrogens is 4. The lowest BCUT2D eigenvalue weighted by molar-refractivity contribution is 0.332. The van der Waals surface area contributed by atoms with Gasteiger partial charge in [-0.1, -0.05) is 0 Å². The molecule has 5 rings (SSSR count). The van der Waals surface area contributed by atoms with Crippen LogP contribution in [-0.2, 0) is 0 Å². The lowest BCUT2D eigenvalue weighted by Crippen LogP contribution is -2.43. The number of benzene rings is 1. The van der Waals surface area contributed by atoms with Crippen molar-refractivity contribution >= 4 is 5.82 Å². The number of rotatable bonds is 7. The van der Waals surface area contributed by atoms with Crippen LogP contribution in [0.4, 0.5) is 14.6 Å². The van der Waals surface area contributed by atoms with Gasteiger partial charge in [-0.2, -0.15) is 5.10 Å². The zero-order chi connectivity index (χ0) is 23.0. The molecule has 8 nitrogen and oxygen atoms in total. The van der Waals surface area contributed by atoms with E-state index in [-0.39, 0.29) is 41.0 Å². The van der Waals surface area contributed by atoms with E-state index in [4.69, 9.17) is 4.74 Å². The SMILES string of the molecule is COc1cc(-c2cc(O)c(-c3ccc(N4CCC(NC5(CF)CC5)C4)nn3)cc2F)cnn1. The number of halogens is 2. The van der Waals surface area contributed by atoms with E-state index in [1.54, 1.807) is 12.1 Å². The summed E-state index contributed by atoms with van der Waals surface area (Å²) in [6, 6.07) is 7.82. The molecule has 1 aromatic carbocycles. The summed E-state index contributed by atoms with van der Waals surface area (Å²) in [4.78, 5) is 2.09. The molecule has 1 unspecified atom stereocenters. The maximum atomic E-state index is 14.9. The third kappa shape index (κ3) is 4.30.